The van der Waals surface area contributed by atoms with E-state index in [1.165, 1.54) is 0 Å². The maximum atomic E-state index is 13.5. The van der Waals surface area contributed by atoms with Crippen molar-refractivity contribution in [3.63, 3.8) is 0 Å². The molecule has 0 aliphatic heterocycles. The molecule has 1 aliphatic carbocycles. The lowest BCUT2D eigenvalue weighted by molar-refractivity contribution is 0.287. The van der Waals surface area contributed by atoms with E-state index in [2.05, 4.69) is 0 Å². The van der Waals surface area contributed by atoms with Crippen molar-refractivity contribution in [2.75, 3.05) is 0 Å². The first kappa shape index (κ1) is 13.0. The molecular weight excluding hydrogens is 260 g/mol. The summed E-state index contributed by atoms with van der Waals surface area (Å²) in [6.07, 6.45) is 0.366. The van der Waals surface area contributed by atoms with Crippen molar-refractivity contribution < 1.29 is 17.2 Å². The summed E-state index contributed by atoms with van der Waals surface area (Å²) in [6, 6.07) is 4.05. The monoisotopic (exact) mass is 271 g/mol. The molecule has 1 saturated carbocycles. The van der Waals surface area contributed by atoms with Crippen molar-refractivity contribution in [2.45, 2.75) is 29.4 Å². The Morgan fingerprint density at radius 1 is 1.39 bits per heavy atom. The Hall–Kier alpha value is -1.48. The van der Waals surface area contributed by atoms with Crippen LogP contribution < -0.4 is 0 Å². The first-order chi connectivity index (χ1) is 8.32. The van der Waals surface area contributed by atoms with Crippen LogP contribution in [0, 0.1) is 28.9 Å². The van der Waals surface area contributed by atoms with Gasteiger partial charge in [0.15, 0.2) is 14.6 Å². The normalized spacial score (nSPS) is 27.3. The van der Waals surface area contributed by atoms with Crippen LogP contribution in [0.15, 0.2) is 23.1 Å². The van der Waals surface area contributed by atoms with Gasteiger partial charge in [0, 0.05) is 6.07 Å². The fourth-order valence-corrected chi connectivity index (χ4v) is 4.45. The molecule has 0 atom stereocenters. The molecule has 2 rings (SSSR count). The highest BCUT2D eigenvalue weighted by molar-refractivity contribution is 7.93. The van der Waals surface area contributed by atoms with E-state index in [9.17, 15) is 17.2 Å². The summed E-state index contributed by atoms with van der Waals surface area (Å²) < 4.78 is 49.3. The van der Waals surface area contributed by atoms with Gasteiger partial charge < -0.3 is 0 Å². The fraction of sp³-hybridized carbons (Fsp3) is 0.417. The van der Waals surface area contributed by atoms with Crippen molar-refractivity contribution >= 4 is 9.84 Å². The van der Waals surface area contributed by atoms with Gasteiger partial charge in [-0.15, -0.1) is 0 Å². The Morgan fingerprint density at radius 2 is 2.00 bits per heavy atom. The minimum absolute atomic E-state index is 0.114. The zero-order valence-corrected chi connectivity index (χ0v) is 10.5. The summed E-state index contributed by atoms with van der Waals surface area (Å²) >= 11 is 0. The van der Waals surface area contributed by atoms with E-state index in [-0.39, 0.29) is 18.8 Å². The summed E-state index contributed by atoms with van der Waals surface area (Å²) in [6.45, 7) is 1.83. The third-order valence-electron chi connectivity index (χ3n) is 3.26. The number of hydrogen-bond donors (Lipinski definition) is 0. The first-order valence-corrected chi connectivity index (χ1v) is 6.92. The van der Waals surface area contributed by atoms with Gasteiger partial charge in [-0.05, 0) is 30.9 Å². The quantitative estimate of drug-likeness (QED) is 0.776. The third kappa shape index (κ3) is 1.70. The van der Waals surface area contributed by atoms with Gasteiger partial charge in [-0.2, -0.15) is 5.26 Å². The summed E-state index contributed by atoms with van der Waals surface area (Å²) in [7, 11) is -4.10. The second-order valence-electron chi connectivity index (χ2n) is 4.70. The van der Waals surface area contributed by atoms with Gasteiger partial charge in [0.25, 0.3) is 0 Å². The average molecular weight is 271 g/mol. The van der Waals surface area contributed by atoms with Crippen molar-refractivity contribution in [2.24, 2.45) is 5.92 Å². The van der Waals surface area contributed by atoms with Gasteiger partial charge in [0.2, 0.25) is 0 Å². The summed E-state index contributed by atoms with van der Waals surface area (Å²) in [4.78, 5) is -0.600. The van der Waals surface area contributed by atoms with Crippen LogP contribution in [0.5, 0.6) is 0 Å². The van der Waals surface area contributed by atoms with Crippen LogP contribution in [0.3, 0.4) is 0 Å². The molecule has 1 aliphatic rings. The topological polar surface area (TPSA) is 57.9 Å². The molecule has 6 heteroatoms. The van der Waals surface area contributed by atoms with Gasteiger partial charge in [-0.1, -0.05) is 6.92 Å². The van der Waals surface area contributed by atoms with E-state index >= 15 is 0 Å². The summed E-state index contributed by atoms with van der Waals surface area (Å²) in [5.74, 6) is -1.88. The number of nitriles is 1. The van der Waals surface area contributed by atoms with E-state index in [1.54, 1.807) is 6.07 Å². The Morgan fingerprint density at radius 3 is 2.44 bits per heavy atom. The molecule has 1 aromatic rings. The molecule has 0 N–H and O–H groups in total. The van der Waals surface area contributed by atoms with E-state index in [0.717, 1.165) is 12.1 Å². The second kappa shape index (κ2) is 4.02. The standard InChI is InChI=1S/C12H11F2NO2S/c1-8-5-12(6-8,7-15)18(16,17)11-3-2-9(13)4-10(11)14/h2-4,8H,5-6H2,1H3. The second-order valence-corrected chi connectivity index (χ2v) is 6.93. The molecule has 18 heavy (non-hydrogen) atoms. The van der Waals surface area contributed by atoms with E-state index < -0.39 is 31.1 Å². The van der Waals surface area contributed by atoms with E-state index in [1.807, 2.05) is 6.92 Å². The molecule has 0 radical (unpaired) electrons. The predicted molar refractivity (Wildman–Crippen MR) is 60.3 cm³/mol. The summed E-state index contributed by atoms with van der Waals surface area (Å²) in [5.41, 5.74) is 0. The number of benzene rings is 1. The lowest BCUT2D eigenvalue weighted by atomic mass is 9.76. The fourth-order valence-electron chi connectivity index (χ4n) is 2.34. The minimum atomic E-state index is -4.10. The highest BCUT2D eigenvalue weighted by Gasteiger charge is 2.54. The SMILES string of the molecule is CC1CC(C#N)(S(=O)(=O)c2ccc(F)cc2F)C1. The lowest BCUT2D eigenvalue weighted by Gasteiger charge is -2.39. The molecule has 1 fully saturated rings. The zero-order chi connectivity index (χ0) is 13.6. The van der Waals surface area contributed by atoms with Gasteiger partial charge in [-0.25, -0.2) is 17.2 Å². The van der Waals surface area contributed by atoms with Crippen LogP contribution in [-0.2, 0) is 9.84 Å². The molecule has 0 saturated heterocycles. The molecule has 0 amide bonds. The first-order valence-electron chi connectivity index (χ1n) is 5.43. The van der Waals surface area contributed by atoms with Crippen LogP contribution in [0.4, 0.5) is 8.78 Å². The predicted octanol–water partition coefficient (Wildman–Crippen LogP) is 2.43. The van der Waals surface area contributed by atoms with E-state index in [0.29, 0.717) is 6.07 Å². The smallest absolute Gasteiger partial charge is 0.200 e. The van der Waals surface area contributed by atoms with Crippen LogP contribution in [-0.4, -0.2) is 13.2 Å². The van der Waals surface area contributed by atoms with Crippen LogP contribution in [0.25, 0.3) is 0 Å². The molecule has 0 aromatic heterocycles. The Bertz CT molecular complexity index is 628. The molecule has 0 spiro atoms. The number of nitrogens with zero attached hydrogens (tertiary/aromatic N) is 1. The maximum absolute atomic E-state index is 13.5. The molecular formula is C12H11F2NO2S. The molecule has 0 bridgehead atoms. The van der Waals surface area contributed by atoms with Crippen LogP contribution >= 0.6 is 0 Å². The Labute approximate surface area is 104 Å². The average Bonchev–Trinajstić information content (AvgIpc) is 2.23. The summed E-state index contributed by atoms with van der Waals surface area (Å²) in [5, 5.41) is 9.07. The molecule has 0 unspecified atom stereocenters. The largest absolute Gasteiger partial charge is 0.222 e. The van der Waals surface area contributed by atoms with Crippen LogP contribution in [0.1, 0.15) is 19.8 Å². The van der Waals surface area contributed by atoms with Crippen molar-refractivity contribution in [3.05, 3.63) is 29.8 Å². The minimum Gasteiger partial charge on any atom is -0.222 e. The molecule has 1 aromatic carbocycles. The number of halogens is 2. The van der Waals surface area contributed by atoms with Crippen LogP contribution in [0.2, 0.25) is 0 Å². The Kier molecular flexibility index (Phi) is 2.90. The molecule has 3 nitrogen and oxygen atoms in total. The Balaban J connectivity index is 2.53. The maximum Gasteiger partial charge on any atom is 0.200 e. The third-order valence-corrected chi connectivity index (χ3v) is 5.62. The molecule has 96 valence electrons. The zero-order valence-electron chi connectivity index (χ0n) is 9.65. The molecule has 0 heterocycles. The van der Waals surface area contributed by atoms with Gasteiger partial charge in [0.05, 0.1) is 6.07 Å². The van der Waals surface area contributed by atoms with Gasteiger partial charge >= 0.3 is 0 Å². The lowest BCUT2D eigenvalue weighted by Crippen LogP contribution is -2.48. The van der Waals surface area contributed by atoms with Crippen molar-refractivity contribution in [1.29, 1.82) is 5.26 Å². The number of hydrogen-bond acceptors (Lipinski definition) is 3. The van der Waals surface area contributed by atoms with Gasteiger partial charge in [-0.3, -0.25) is 0 Å². The van der Waals surface area contributed by atoms with Crippen molar-refractivity contribution in [1.82, 2.24) is 0 Å². The van der Waals surface area contributed by atoms with E-state index in [4.69, 9.17) is 5.26 Å². The number of sulfone groups is 1. The highest BCUT2D eigenvalue weighted by Crippen LogP contribution is 2.46. The number of rotatable bonds is 2. The highest BCUT2D eigenvalue weighted by atomic mass is 32.2. The van der Waals surface area contributed by atoms with Crippen molar-refractivity contribution in [3.8, 4) is 6.07 Å². The van der Waals surface area contributed by atoms with Gasteiger partial charge in [0.1, 0.15) is 16.5 Å².